The van der Waals surface area contributed by atoms with Gasteiger partial charge in [0, 0.05) is 17.3 Å². The molecular weight excluding hydrogens is 332 g/mol. The molecule has 1 heterocycles. The summed E-state index contributed by atoms with van der Waals surface area (Å²) < 4.78 is 11.3. The van der Waals surface area contributed by atoms with Crippen molar-refractivity contribution in [3.05, 3.63) is 48.0 Å². The number of benzene rings is 2. The van der Waals surface area contributed by atoms with Crippen LogP contribution < -0.4 is 20.1 Å². The summed E-state index contributed by atoms with van der Waals surface area (Å²) in [5.74, 6) is 0.839. The summed E-state index contributed by atoms with van der Waals surface area (Å²) >= 11 is 0. The Balaban J connectivity index is 1.46. The summed E-state index contributed by atoms with van der Waals surface area (Å²) in [6.07, 6.45) is 4.85. The van der Waals surface area contributed by atoms with Gasteiger partial charge in [0.2, 0.25) is 0 Å². The number of hydrogen-bond donors (Lipinski definition) is 2. The molecule has 1 saturated carbocycles. The molecular formula is C20H20N2O4. The van der Waals surface area contributed by atoms with Crippen LogP contribution >= 0.6 is 0 Å². The Morgan fingerprint density at radius 3 is 2.85 bits per heavy atom. The molecule has 2 aromatic rings. The van der Waals surface area contributed by atoms with E-state index in [0.717, 1.165) is 18.6 Å². The molecule has 26 heavy (non-hydrogen) atoms. The molecule has 2 aromatic carbocycles. The minimum Gasteiger partial charge on any atom is -0.490 e. The number of carbonyl (C=O) groups excluding carboxylic acids is 2. The van der Waals surface area contributed by atoms with Crippen LogP contribution in [0.25, 0.3) is 0 Å². The maximum atomic E-state index is 12.5. The highest BCUT2D eigenvalue weighted by molar-refractivity contribution is 6.06. The lowest BCUT2D eigenvalue weighted by molar-refractivity contribution is -0.118. The van der Waals surface area contributed by atoms with Gasteiger partial charge in [-0.2, -0.15) is 0 Å². The van der Waals surface area contributed by atoms with Gasteiger partial charge in [0.15, 0.2) is 6.61 Å². The molecule has 0 spiro atoms. The normalized spacial score (nSPS) is 16.4. The molecule has 0 atom stereocenters. The SMILES string of the molecule is O=C1COc2ccc(C(=O)Nc3cccc(OC4CCCC4)c3)cc2N1. The molecule has 1 fully saturated rings. The Bertz CT molecular complexity index is 843. The molecule has 1 aliphatic carbocycles. The van der Waals surface area contributed by atoms with Gasteiger partial charge in [-0.3, -0.25) is 9.59 Å². The van der Waals surface area contributed by atoms with E-state index < -0.39 is 0 Å². The number of rotatable bonds is 4. The minimum atomic E-state index is -0.259. The van der Waals surface area contributed by atoms with Crippen molar-refractivity contribution < 1.29 is 19.1 Å². The van der Waals surface area contributed by atoms with Gasteiger partial charge in [0.1, 0.15) is 11.5 Å². The summed E-state index contributed by atoms with van der Waals surface area (Å²) in [6.45, 7) is -0.00761. The molecule has 0 saturated heterocycles. The predicted octanol–water partition coefficient (Wildman–Crippen LogP) is 3.59. The summed E-state index contributed by atoms with van der Waals surface area (Å²) in [5.41, 5.74) is 1.62. The predicted molar refractivity (Wildman–Crippen MR) is 97.8 cm³/mol. The average Bonchev–Trinajstić information content (AvgIpc) is 3.14. The molecule has 2 amide bonds. The van der Waals surface area contributed by atoms with E-state index in [1.165, 1.54) is 12.8 Å². The zero-order valence-corrected chi connectivity index (χ0v) is 14.3. The second kappa shape index (κ2) is 7.07. The van der Waals surface area contributed by atoms with Crippen molar-refractivity contribution in [1.82, 2.24) is 0 Å². The van der Waals surface area contributed by atoms with Crippen LogP contribution in [0.5, 0.6) is 11.5 Å². The quantitative estimate of drug-likeness (QED) is 0.882. The smallest absolute Gasteiger partial charge is 0.262 e. The van der Waals surface area contributed by atoms with Crippen molar-refractivity contribution in [3.8, 4) is 11.5 Å². The maximum Gasteiger partial charge on any atom is 0.262 e. The van der Waals surface area contributed by atoms with Crippen molar-refractivity contribution in [2.24, 2.45) is 0 Å². The first-order valence-corrected chi connectivity index (χ1v) is 8.82. The van der Waals surface area contributed by atoms with E-state index in [9.17, 15) is 9.59 Å². The number of ether oxygens (including phenoxy) is 2. The average molecular weight is 352 g/mol. The van der Waals surface area contributed by atoms with E-state index in [0.29, 0.717) is 22.7 Å². The third-order valence-electron chi connectivity index (χ3n) is 4.57. The third kappa shape index (κ3) is 3.64. The van der Waals surface area contributed by atoms with Crippen LogP contribution in [0.3, 0.4) is 0 Å². The van der Waals surface area contributed by atoms with Gasteiger partial charge >= 0.3 is 0 Å². The molecule has 0 unspecified atom stereocenters. The Morgan fingerprint density at radius 1 is 1.15 bits per heavy atom. The Morgan fingerprint density at radius 2 is 2.00 bits per heavy atom. The van der Waals surface area contributed by atoms with E-state index >= 15 is 0 Å². The largest absolute Gasteiger partial charge is 0.490 e. The van der Waals surface area contributed by atoms with Crippen LogP contribution in [0.1, 0.15) is 36.0 Å². The van der Waals surface area contributed by atoms with Gasteiger partial charge in [0.05, 0.1) is 11.8 Å². The van der Waals surface area contributed by atoms with Crippen molar-refractivity contribution >= 4 is 23.2 Å². The zero-order chi connectivity index (χ0) is 17.9. The van der Waals surface area contributed by atoms with Crippen LogP contribution in [0, 0.1) is 0 Å². The number of carbonyl (C=O) groups is 2. The maximum absolute atomic E-state index is 12.5. The molecule has 4 rings (SSSR count). The fourth-order valence-electron chi connectivity index (χ4n) is 3.27. The molecule has 2 aliphatic rings. The Kier molecular flexibility index (Phi) is 4.48. The summed E-state index contributed by atoms with van der Waals surface area (Å²) in [6, 6.07) is 12.4. The van der Waals surface area contributed by atoms with Crippen LogP contribution in [0.4, 0.5) is 11.4 Å². The van der Waals surface area contributed by atoms with Crippen molar-refractivity contribution in [2.75, 3.05) is 17.2 Å². The standard InChI is InChI=1S/C20H20N2O4/c23-19-12-25-18-9-8-13(10-17(18)22-19)20(24)21-14-4-3-7-16(11-14)26-15-5-1-2-6-15/h3-4,7-11,15H,1-2,5-6,12H2,(H,21,24)(H,22,23). The molecule has 134 valence electrons. The summed E-state index contributed by atoms with van der Waals surface area (Å²) in [5, 5.41) is 5.57. The first kappa shape index (κ1) is 16.4. The van der Waals surface area contributed by atoms with Crippen LogP contribution in [0.15, 0.2) is 42.5 Å². The van der Waals surface area contributed by atoms with Gasteiger partial charge < -0.3 is 20.1 Å². The molecule has 0 radical (unpaired) electrons. The Labute approximate surface area is 151 Å². The van der Waals surface area contributed by atoms with Gasteiger partial charge in [-0.15, -0.1) is 0 Å². The number of amides is 2. The molecule has 1 aliphatic heterocycles. The zero-order valence-electron chi connectivity index (χ0n) is 14.3. The van der Waals surface area contributed by atoms with E-state index in [-0.39, 0.29) is 24.5 Å². The Hall–Kier alpha value is -3.02. The van der Waals surface area contributed by atoms with Crippen molar-refractivity contribution in [3.63, 3.8) is 0 Å². The molecule has 0 bridgehead atoms. The topological polar surface area (TPSA) is 76.7 Å². The second-order valence-corrected chi connectivity index (χ2v) is 6.55. The lowest BCUT2D eigenvalue weighted by Crippen LogP contribution is -2.25. The lowest BCUT2D eigenvalue weighted by Gasteiger charge is -2.18. The number of anilines is 2. The molecule has 0 aromatic heterocycles. The highest BCUT2D eigenvalue weighted by atomic mass is 16.5. The van der Waals surface area contributed by atoms with Gasteiger partial charge in [0.25, 0.3) is 11.8 Å². The highest BCUT2D eigenvalue weighted by Crippen LogP contribution is 2.29. The van der Waals surface area contributed by atoms with Gasteiger partial charge in [-0.25, -0.2) is 0 Å². The second-order valence-electron chi connectivity index (χ2n) is 6.55. The van der Waals surface area contributed by atoms with E-state index in [1.54, 1.807) is 18.2 Å². The summed E-state index contributed by atoms with van der Waals surface area (Å²) in [7, 11) is 0. The van der Waals surface area contributed by atoms with Crippen LogP contribution in [-0.2, 0) is 4.79 Å². The molecule has 6 heteroatoms. The first-order chi connectivity index (χ1) is 12.7. The van der Waals surface area contributed by atoms with Gasteiger partial charge in [-0.1, -0.05) is 6.07 Å². The fraction of sp³-hybridized carbons (Fsp3) is 0.300. The molecule has 2 N–H and O–H groups in total. The number of fused-ring (bicyclic) bond motifs is 1. The number of nitrogens with one attached hydrogen (secondary N) is 2. The fourth-order valence-corrected chi connectivity index (χ4v) is 3.27. The monoisotopic (exact) mass is 352 g/mol. The van der Waals surface area contributed by atoms with Crippen LogP contribution in [-0.4, -0.2) is 24.5 Å². The van der Waals surface area contributed by atoms with Crippen molar-refractivity contribution in [2.45, 2.75) is 31.8 Å². The van der Waals surface area contributed by atoms with E-state index in [1.807, 2.05) is 24.3 Å². The lowest BCUT2D eigenvalue weighted by atomic mass is 10.1. The minimum absolute atomic E-state index is 0.00761. The first-order valence-electron chi connectivity index (χ1n) is 8.82. The third-order valence-corrected chi connectivity index (χ3v) is 4.57. The summed E-state index contributed by atoms with van der Waals surface area (Å²) in [4.78, 5) is 24.0. The number of hydrogen-bond acceptors (Lipinski definition) is 4. The highest BCUT2D eigenvalue weighted by Gasteiger charge is 2.19. The van der Waals surface area contributed by atoms with E-state index in [2.05, 4.69) is 10.6 Å². The van der Waals surface area contributed by atoms with Gasteiger partial charge in [-0.05, 0) is 56.0 Å². The van der Waals surface area contributed by atoms with E-state index in [4.69, 9.17) is 9.47 Å². The molecule has 6 nitrogen and oxygen atoms in total. The van der Waals surface area contributed by atoms with Crippen LogP contribution in [0.2, 0.25) is 0 Å². The van der Waals surface area contributed by atoms with Crippen molar-refractivity contribution in [1.29, 1.82) is 0 Å².